The first kappa shape index (κ1) is 17.9. The first-order chi connectivity index (χ1) is 12.7. The van der Waals surface area contributed by atoms with Gasteiger partial charge in [-0.15, -0.1) is 0 Å². The number of methoxy groups -OCH3 is 1. The standard InChI is InChI=1S/C20H25N3O3/c1-14-4-5-16(11-18(14)24-3)12-23-20(21-2)22-9-8-15-6-7-17-19(10-15)26-13-25-17/h4-7,10-11H,8-9,12-13H2,1-3H3,(H2,21,22,23). The van der Waals surface area contributed by atoms with Gasteiger partial charge in [-0.05, 0) is 48.2 Å². The molecule has 0 unspecified atom stereocenters. The summed E-state index contributed by atoms with van der Waals surface area (Å²) in [6.45, 7) is 3.79. The van der Waals surface area contributed by atoms with Crippen LogP contribution >= 0.6 is 0 Å². The van der Waals surface area contributed by atoms with Gasteiger partial charge < -0.3 is 24.8 Å². The minimum absolute atomic E-state index is 0.303. The highest BCUT2D eigenvalue weighted by Gasteiger charge is 2.13. The molecule has 0 spiro atoms. The number of nitrogens with one attached hydrogen (secondary N) is 2. The van der Waals surface area contributed by atoms with Crippen LogP contribution in [0.5, 0.6) is 17.2 Å². The largest absolute Gasteiger partial charge is 0.496 e. The summed E-state index contributed by atoms with van der Waals surface area (Å²) in [7, 11) is 3.46. The summed E-state index contributed by atoms with van der Waals surface area (Å²) in [5.41, 5.74) is 3.47. The minimum atomic E-state index is 0.303. The summed E-state index contributed by atoms with van der Waals surface area (Å²) in [5.74, 6) is 3.30. The van der Waals surface area contributed by atoms with Gasteiger partial charge in [0.2, 0.25) is 6.79 Å². The molecule has 6 nitrogen and oxygen atoms in total. The molecule has 1 heterocycles. The molecule has 1 aliphatic rings. The fourth-order valence-electron chi connectivity index (χ4n) is 2.80. The number of rotatable bonds is 6. The second-order valence-electron chi connectivity index (χ2n) is 6.09. The normalized spacial score (nSPS) is 12.8. The summed E-state index contributed by atoms with van der Waals surface area (Å²) >= 11 is 0. The van der Waals surface area contributed by atoms with Gasteiger partial charge in [0.15, 0.2) is 17.5 Å². The number of nitrogens with zero attached hydrogens (tertiary/aromatic N) is 1. The zero-order valence-corrected chi connectivity index (χ0v) is 15.5. The lowest BCUT2D eigenvalue weighted by Crippen LogP contribution is -2.37. The maximum Gasteiger partial charge on any atom is 0.231 e. The molecule has 0 radical (unpaired) electrons. The van der Waals surface area contributed by atoms with Gasteiger partial charge in [-0.1, -0.05) is 18.2 Å². The lowest BCUT2D eigenvalue weighted by Gasteiger charge is -2.13. The van der Waals surface area contributed by atoms with Crippen molar-refractivity contribution in [3.05, 3.63) is 53.1 Å². The second kappa shape index (κ2) is 8.47. The van der Waals surface area contributed by atoms with Crippen molar-refractivity contribution in [2.24, 2.45) is 4.99 Å². The van der Waals surface area contributed by atoms with E-state index < -0.39 is 0 Å². The lowest BCUT2D eigenvalue weighted by atomic mass is 10.1. The lowest BCUT2D eigenvalue weighted by molar-refractivity contribution is 0.174. The van der Waals surface area contributed by atoms with Crippen LogP contribution in [-0.2, 0) is 13.0 Å². The molecule has 0 aliphatic carbocycles. The number of guanidine groups is 1. The van der Waals surface area contributed by atoms with E-state index in [0.717, 1.165) is 47.3 Å². The molecular formula is C20H25N3O3. The fourth-order valence-corrected chi connectivity index (χ4v) is 2.80. The van der Waals surface area contributed by atoms with Crippen LogP contribution in [0, 0.1) is 6.92 Å². The number of fused-ring (bicyclic) bond motifs is 1. The molecule has 26 heavy (non-hydrogen) atoms. The molecule has 2 aromatic carbocycles. The van der Waals surface area contributed by atoms with E-state index in [1.165, 1.54) is 5.56 Å². The van der Waals surface area contributed by atoms with Crippen molar-refractivity contribution >= 4 is 5.96 Å². The molecule has 0 bridgehead atoms. The molecule has 2 aromatic rings. The summed E-state index contributed by atoms with van der Waals surface area (Å²) < 4.78 is 16.1. The smallest absolute Gasteiger partial charge is 0.231 e. The van der Waals surface area contributed by atoms with E-state index >= 15 is 0 Å². The van der Waals surface area contributed by atoms with Crippen molar-refractivity contribution in [2.75, 3.05) is 27.5 Å². The molecule has 3 rings (SSSR count). The van der Waals surface area contributed by atoms with Gasteiger partial charge in [0.1, 0.15) is 5.75 Å². The molecule has 0 fully saturated rings. The summed E-state index contributed by atoms with van der Waals surface area (Å²) in [5, 5.41) is 6.65. The van der Waals surface area contributed by atoms with E-state index in [4.69, 9.17) is 14.2 Å². The maximum atomic E-state index is 5.41. The fraction of sp³-hybridized carbons (Fsp3) is 0.350. The molecule has 0 atom stereocenters. The van der Waals surface area contributed by atoms with Crippen LogP contribution < -0.4 is 24.8 Å². The van der Waals surface area contributed by atoms with Crippen molar-refractivity contribution < 1.29 is 14.2 Å². The van der Waals surface area contributed by atoms with Gasteiger partial charge in [0.25, 0.3) is 0 Å². The third-order valence-electron chi connectivity index (χ3n) is 4.30. The van der Waals surface area contributed by atoms with Gasteiger partial charge in [-0.2, -0.15) is 0 Å². The Bertz CT molecular complexity index is 790. The van der Waals surface area contributed by atoms with E-state index in [0.29, 0.717) is 13.3 Å². The van der Waals surface area contributed by atoms with E-state index in [2.05, 4.69) is 33.8 Å². The molecule has 2 N–H and O–H groups in total. The molecule has 0 amide bonds. The molecule has 1 aliphatic heterocycles. The first-order valence-electron chi connectivity index (χ1n) is 8.66. The topological polar surface area (TPSA) is 64.1 Å². The van der Waals surface area contributed by atoms with Crippen molar-refractivity contribution in [3.63, 3.8) is 0 Å². The summed E-state index contributed by atoms with van der Waals surface area (Å²) in [6, 6.07) is 12.2. The molecular weight excluding hydrogens is 330 g/mol. The monoisotopic (exact) mass is 355 g/mol. The third-order valence-corrected chi connectivity index (χ3v) is 4.30. The quantitative estimate of drug-likeness (QED) is 0.616. The van der Waals surface area contributed by atoms with E-state index in [-0.39, 0.29) is 0 Å². The zero-order valence-electron chi connectivity index (χ0n) is 15.5. The van der Waals surface area contributed by atoms with Gasteiger partial charge in [0.05, 0.1) is 7.11 Å². The van der Waals surface area contributed by atoms with Crippen LogP contribution in [-0.4, -0.2) is 33.5 Å². The van der Waals surface area contributed by atoms with E-state index in [1.54, 1.807) is 14.2 Å². The highest BCUT2D eigenvalue weighted by Crippen LogP contribution is 2.32. The SMILES string of the molecule is CN=C(NCCc1ccc2c(c1)OCO2)NCc1ccc(C)c(OC)c1. The third kappa shape index (κ3) is 4.39. The van der Waals surface area contributed by atoms with Gasteiger partial charge in [-0.3, -0.25) is 4.99 Å². The van der Waals surface area contributed by atoms with Crippen molar-refractivity contribution in [3.8, 4) is 17.2 Å². The Morgan fingerprint density at radius 3 is 2.69 bits per heavy atom. The van der Waals surface area contributed by atoms with Crippen LogP contribution in [0.2, 0.25) is 0 Å². The number of aryl methyl sites for hydroxylation is 1. The summed E-state index contributed by atoms with van der Waals surface area (Å²) in [6.07, 6.45) is 0.871. The van der Waals surface area contributed by atoms with Crippen molar-refractivity contribution in [1.82, 2.24) is 10.6 Å². The molecule has 0 saturated heterocycles. The Kier molecular flexibility index (Phi) is 5.84. The second-order valence-corrected chi connectivity index (χ2v) is 6.09. The number of benzene rings is 2. The van der Waals surface area contributed by atoms with Gasteiger partial charge in [-0.25, -0.2) is 0 Å². The first-order valence-corrected chi connectivity index (χ1v) is 8.66. The highest BCUT2D eigenvalue weighted by atomic mass is 16.7. The summed E-state index contributed by atoms with van der Waals surface area (Å²) in [4.78, 5) is 4.27. The molecule has 6 heteroatoms. The van der Waals surface area contributed by atoms with Crippen LogP contribution in [0.4, 0.5) is 0 Å². The Hall–Kier alpha value is -2.89. The van der Waals surface area contributed by atoms with Crippen LogP contribution in [0.1, 0.15) is 16.7 Å². The maximum absolute atomic E-state index is 5.41. The number of hydrogen-bond acceptors (Lipinski definition) is 4. The predicted molar refractivity (Wildman–Crippen MR) is 102 cm³/mol. The van der Waals surface area contributed by atoms with Crippen molar-refractivity contribution in [2.45, 2.75) is 19.9 Å². The highest BCUT2D eigenvalue weighted by molar-refractivity contribution is 5.79. The van der Waals surface area contributed by atoms with Crippen LogP contribution in [0.15, 0.2) is 41.4 Å². The molecule has 0 saturated carbocycles. The Morgan fingerprint density at radius 1 is 1.08 bits per heavy atom. The molecule has 0 aromatic heterocycles. The molecule has 138 valence electrons. The number of aliphatic imine (C=N–C) groups is 1. The zero-order chi connectivity index (χ0) is 18.4. The average molecular weight is 355 g/mol. The number of hydrogen-bond donors (Lipinski definition) is 2. The predicted octanol–water partition coefficient (Wildman–Crippen LogP) is 2.64. The Morgan fingerprint density at radius 2 is 1.88 bits per heavy atom. The Labute approximate surface area is 154 Å². The van der Waals surface area contributed by atoms with Crippen LogP contribution in [0.25, 0.3) is 0 Å². The van der Waals surface area contributed by atoms with Gasteiger partial charge >= 0.3 is 0 Å². The van der Waals surface area contributed by atoms with Crippen LogP contribution in [0.3, 0.4) is 0 Å². The minimum Gasteiger partial charge on any atom is -0.496 e. The van der Waals surface area contributed by atoms with Gasteiger partial charge in [0, 0.05) is 20.1 Å². The van der Waals surface area contributed by atoms with E-state index in [1.807, 2.05) is 25.1 Å². The van der Waals surface area contributed by atoms with E-state index in [9.17, 15) is 0 Å². The average Bonchev–Trinajstić information content (AvgIpc) is 3.13. The Balaban J connectivity index is 1.47. The number of ether oxygens (including phenoxy) is 3. The van der Waals surface area contributed by atoms with Crippen molar-refractivity contribution in [1.29, 1.82) is 0 Å².